The number of hydrogen-bond donors (Lipinski definition) is 3. The summed E-state index contributed by atoms with van der Waals surface area (Å²) in [7, 11) is 0. The lowest BCUT2D eigenvalue weighted by molar-refractivity contribution is 0.306. The first-order valence-electron chi connectivity index (χ1n) is 12.5. The van der Waals surface area contributed by atoms with E-state index >= 15 is 0 Å². The number of nitrogens with zero attached hydrogens (tertiary/aromatic N) is 3. The molecule has 0 saturated heterocycles. The molecule has 1 saturated carbocycles. The summed E-state index contributed by atoms with van der Waals surface area (Å²) >= 11 is 0. The highest BCUT2D eigenvalue weighted by Crippen LogP contribution is 2.36. The van der Waals surface area contributed by atoms with Gasteiger partial charge in [0.05, 0.1) is 5.69 Å². The molecule has 0 radical (unpaired) electrons. The molecule has 4 aromatic rings. The number of fused-ring (bicyclic) bond motifs is 1. The number of nitrogens with two attached hydrogens (primary N) is 1. The first kappa shape index (κ1) is 23.2. The van der Waals surface area contributed by atoms with Crippen LogP contribution in [0.15, 0.2) is 67.0 Å². The van der Waals surface area contributed by atoms with Crippen LogP contribution in [0.5, 0.6) is 5.75 Å². The monoisotopic (exact) mass is 470 g/mol. The summed E-state index contributed by atoms with van der Waals surface area (Å²) in [6.45, 7) is 4.92. The molecule has 5 rings (SSSR count). The molecular weight excluding hydrogens is 436 g/mol. The van der Waals surface area contributed by atoms with Crippen LogP contribution in [0.2, 0.25) is 0 Å². The van der Waals surface area contributed by atoms with E-state index in [4.69, 9.17) is 15.6 Å². The maximum absolute atomic E-state index is 6.13. The van der Waals surface area contributed by atoms with Crippen LogP contribution in [-0.2, 0) is 6.61 Å². The molecule has 0 unspecified atom stereocenters. The lowest BCUT2D eigenvalue weighted by Crippen LogP contribution is -2.33. The van der Waals surface area contributed by atoms with Gasteiger partial charge >= 0.3 is 0 Å². The molecule has 0 atom stereocenters. The number of ether oxygens (including phenoxy) is 1. The van der Waals surface area contributed by atoms with Gasteiger partial charge in [0.2, 0.25) is 0 Å². The summed E-state index contributed by atoms with van der Waals surface area (Å²) in [5, 5.41) is 12.3. The van der Waals surface area contributed by atoms with E-state index in [1.54, 1.807) is 6.20 Å². The number of rotatable bonds is 8. The Bertz CT molecular complexity index is 1260. The molecule has 7 nitrogen and oxygen atoms in total. The van der Waals surface area contributed by atoms with Gasteiger partial charge in [0.25, 0.3) is 0 Å². The van der Waals surface area contributed by atoms with Gasteiger partial charge in [-0.15, -0.1) is 5.10 Å². The minimum Gasteiger partial charge on any atom is -0.489 e. The third-order valence-electron chi connectivity index (χ3n) is 6.62. The smallest absolute Gasteiger partial charge is 0.177 e. The molecule has 2 heterocycles. The highest BCUT2D eigenvalue weighted by atomic mass is 16.5. The Morgan fingerprint density at radius 3 is 2.63 bits per heavy atom. The van der Waals surface area contributed by atoms with E-state index in [-0.39, 0.29) is 5.92 Å². The first-order valence-corrected chi connectivity index (χ1v) is 12.5. The van der Waals surface area contributed by atoms with Gasteiger partial charge in [-0.1, -0.05) is 50.2 Å². The molecule has 7 heteroatoms. The number of anilines is 3. The second-order valence-corrected chi connectivity index (χ2v) is 9.67. The summed E-state index contributed by atoms with van der Waals surface area (Å²) < 4.78 is 7.91. The third kappa shape index (κ3) is 5.41. The number of hydrogen-bond acceptors (Lipinski definition) is 6. The van der Waals surface area contributed by atoms with Crippen LogP contribution in [0.25, 0.3) is 5.65 Å². The van der Waals surface area contributed by atoms with Gasteiger partial charge in [-0.25, -0.2) is 9.50 Å². The van der Waals surface area contributed by atoms with Crippen molar-refractivity contribution in [2.75, 3.05) is 10.6 Å². The van der Waals surface area contributed by atoms with Crippen molar-refractivity contribution in [3.63, 3.8) is 0 Å². The van der Waals surface area contributed by atoms with Crippen LogP contribution in [0.1, 0.15) is 56.6 Å². The van der Waals surface area contributed by atoms with Gasteiger partial charge in [-0.2, -0.15) is 0 Å². The topological polar surface area (TPSA) is 89.5 Å². The van der Waals surface area contributed by atoms with E-state index in [2.05, 4.69) is 47.7 Å². The lowest BCUT2D eigenvalue weighted by atomic mass is 9.91. The molecule has 1 aliphatic carbocycles. The van der Waals surface area contributed by atoms with E-state index in [9.17, 15) is 0 Å². The predicted octanol–water partition coefficient (Wildman–Crippen LogP) is 5.86. The average Bonchev–Trinajstić information content (AvgIpc) is 3.34. The molecule has 1 fully saturated rings. The van der Waals surface area contributed by atoms with E-state index in [0.717, 1.165) is 65.4 Å². The van der Waals surface area contributed by atoms with Crippen LogP contribution < -0.4 is 21.1 Å². The molecule has 0 bridgehead atoms. The fourth-order valence-corrected chi connectivity index (χ4v) is 4.75. The highest BCUT2D eigenvalue weighted by molar-refractivity contribution is 5.81. The van der Waals surface area contributed by atoms with Crippen LogP contribution in [-0.4, -0.2) is 26.7 Å². The fraction of sp³-hybridized carbons (Fsp3) is 0.357. The van der Waals surface area contributed by atoms with Crippen molar-refractivity contribution >= 4 is 22.8 Å². The van der Waals surface area contributed by atoms with Crippen LogP contribution >= 0.6 is 0 Å². The Morgan fingerprint density at radius 2 is 1.86 bits per heavy atom. The average molecular weight is 471 g/mol. The zero-order chi connectivity index (χ0) is 24.2. The van der Waals surface area contributed by atoms with Crippen molar-refractivity contribution in [1.29, 1.82) is 0 Å². The summed E-state index contributed by atoms with van der Waals surface area (Å²) in [5.41, 5.74) is 11.1. The molecule has 35 heavy (non-hydrogen) atoms. The van der Waals surface area contributed by atoms with Gasteiger partial charge in [0.1, 0.15) is 12.4 Å². The van der Waals surface area contributed by atoms with Crippen LogP contribution in [0, 0.1) is 0 Å². The van der Waals surface area contributed by atoms with Gasteiger partial charge in [0.15, 0.2) is 11.5 Å². The molecular formula is C28H34N6O. The van der Waals surface area contributed by atoms with Gasteiger partial charge in [-0.3, -0.25) is 0 Å². The van der Waals surface area contributed by atoms with Crippen molar-refractivity contribution in [2.45, 2.75) is 64.1 Å². The maximum Gasteiger partial charge on any atom is 0.177 e. The molecule has 0 spiro atoms. The Morgan fingerprint density at radius 1 is 1.06 bits per heavy atom. The number of nitrogens with one attached hydrogen (secondary N) is 2. The van der Waals surface area contributed by atoms with Gasteiger partial charge < -0.3 is 21.1 Å². The molecule has 0 aliphatic heterocycles. The van der Waals surface area contributed by atoms with Crippen molar-refractivity contribution < 1.29 is 4.74 Å². The number of imidazole rings is 1. The fourth-order valence-electron chi connectivity index (χ4n) is 4.75. The molecule has 1 aliphatic rings. The standard InChI is InChI=1S/C28H34N6O/c1-19(2)25-26(31-23-9-6-10-24(17-23)35-18-20-7-4-3-5-8-20)28-30-15-16-34(28)33-27(25)32-22-13-11-21(29)12-14-22/h3-10,15-17,19,21-22,31H,11-14,18,29H2,1-2H3,(H,32,33). The molecule has 2 aromatic heterocycles. The molecule has 4 N–H and O–H groups in total. The second kappa shape index (κ2) is 10.4. The number of aromatic nitrogens is 3. The van der Waals surface area contributed by atoms with Crippen molar-refractivity contribution in [3.05, 3.63) is 78.1 Å². The summed E-state index contributed by atoms with van der Waals surface area (Å²) in [6, 6.07) is 19.0. The van der Waals surface area contributed by atoms with Crippen LogP contribution in [0.3, 0.4) is 0 Å². The normalized spacial score (nSPS) is 18.1. The molecule has 0 amide bonds. The molecule has 182 valence electrons. The minimum absolute atomic E-state index is 0.248. The maximum atomic E-state index is 6.13. The Hall–Kier alpha value is -3.58. The number of benzene rings is 2. The van der Waals surface area contributed by atoms with E-state index in [0.29, 0.717) is 18.7 Å². The quantitative estimate of drug-likeness (QED) is 0.299. The third-order valence-corrected chi connectivity index (χ3v) is 6.62. The Balaban J connectivity index is 1.43. The predicted molar refractivity (Wildman–Crippen MR) is 141 cm³/mol. The van der Waals surface area contributed by atoms with Gasteiger partial charge in [0, 0.05) is 41.8 Å². The van der Waals surface area contributed by atoms with Crippen molar-refractivity contribution in [1.82, 2.24) is 14.6 Å². The Kier molecular flexibility index (Phi) is 6.86. The Labute approximate surface area is 206 Å². The van der Waals surface area contributed by atoms with E-state index < -0.39 is 0 Å². The van der Waals surface area contributed by atoms with Crippen molar-refractivity contribution in [3.8, 4) is 5.75 Å². The zero-order valence-electron chi connectivity index (χ0n) is 20.4. The first-order chi connectivity index (χ1) is 17.1. The van der Waals surface area contributed by atoms with Crippen LogP contribution in [0.4, 0.5) is 17.2 Å². The SMILES string of the molecule is CC(C)c1c(NC2CCC(N)CC2)nn2ccnc2c1Nc1cccc(OCc2ccccc2)c1. The van der Waals surface area contributed by atoms with E-state index in [1.165, 1.54) is 0 Å². The lowest BCUT2D eigenvalue weighted by Gasteiger charge is -2.29. The summed E-state index contributed by atoms with van der Waals surface area (Å²) in [4.78, 5) is 4.62. The second-order valence-electron chi connectivity index (χ2n) is 9.67. The summed E-state index contributed by atoms with van der Waals surface area (Å²) in [5.74, 6) is 1.97. The highest BCUT2D eigenvalue weighted by Gasteiger charge is 2.24. The largest absolute Gasteiger partial charge is 0.489 e. The zero-order valence-corrected chi connectivity index (χ0v) is 20.4. The summed E-state index contributed by atoms with van der Waals surface area (Å²) in [6.07, 6.45) is 7.90. The van der Waals surface area contributed by atoms with Crippen molar-refractivity contribution in [2.24, 2.45) is 5.73 Å². The molecule has 2 aromatic carbocycles. The minimum atomic E-state index is 0.248. The van der Waals surface area contributed by atoms with Gasteiger partial charge in [-0.05, 0) is 49.3 Å². The van der Waals surface area contributed by atoms with E-state index in [1.807, 2.05) is 47.1 Å².